The van der Waals surface area contributed by atoms with Gasteiger partial charge in [-0.05, 0) is 35.8 Å². The SMILES string of the molecule is C1=CC=C(c2nc(-c3ccccc3)nc(-c3ccc(Cc4ccccc4)cc3)n2)C=1. The maximum absolute atomic E-state index is 4.77. The van der Waals surface area contributed by atoms with E-state index in [1.807, 2.05) is 54.6 Å². The van der Waals surface area contributed by atoms with Crippen molar-refractivity contribution in [2.24, 2.45) is 0 Å². The maximum Gasteiger partial charge on any atom is 0.164 e. The highest BCUT2D eigenvalue weighted by molar-refractivity contribution is 5.75. The van der Waals surface area contributed by atoms with Crippen molar-refractivity contribution in [3.63, 3.8) is 0 Å². The molecule has 0 spiro atoms. The van der Waals surface area contributed by atoms with E-state index in [9.17, 15) is 0 Å². The van der Waals surface area contributed by atoms with Crippen LogP contribution in [0.25, 0.3) is 28.3 Å². The van der Waals surface area contributed by atoms with Crippen molar-refractivity contribution in [3.05, 3.63) is 126 Å². The molecule has 0 fully saturated rings. The van der Waals surface area contributed by atoms with Crippen LogP contribution in [0.5, 0.6) is 0 Å². The van der Waals surface area contributed by atoms with E-state index in [2.05, 4.69) is 54.3 Å². The van der Waals surface area contributed by atoms with Gasteiger partial charge in [0, 0.05) is 16.7 Å². The summed E-state index contributed by atoms with van der Waals surface area (Å²) in [7, 11) is 0. The molecule has 142 valence electrons. The van der Waals surface area contributed by atoms with Crippen molar-refractivity contribution in [1.29, 1.82) is 0 Å². The lowest BCUT2D eigenvalue weighted by Gasteiger charge is -2.09. The molecule has 1 aromatic heterocycles. The Morgan fingerprint density at radius 2 is 1.13 bits per heavy atom. The average molecular weight is 385 g/mol. The summed E-state index contributed by atoms with van der Waals surface area (Å²) in [5.74, 6) is 2.00. The summed E-state index contributed by atoms with van der Waals surface area (Å²) in [4.78, 5) is 14.2. The molecule has 0 bridgehead atoms. The molecular formula is C27H19N3. The van der Waals surface area contributed by atoms with Gasteiger partial charge in [-0.3, -0.25) is 0 Å². The monoisotopic (exact) mass is 385 g/mol. The minimum Gasteiger partial charge on any atom is -0.208 e. The van der Waals surface area contributed by atoms with Gasteiger partial charge < -0.3 is 0 Å². The van der Waals surface area contributed by atoms with E-state index in [0.29, 0.717) is 17.5 Å². The first-order valence-corrected chi connectivity index (χ1v) is 9.93. The summed E-state index contributed by atoms with van der Waals surface area (Å²) < 4.78 is 0. The van der Waals surface area contributed by atoms with Crippen molar-refractivity contribution in [2.75, 3.05) is 0 Å². The zero-order valence-corrected chi connectivity index (χ0v) is 16.4. The second-order valence-corrected chi connectivity index (χ2v) is 7.13. The Balaban J connectivity index is 1.51. The minimum absolute atomic E-state index is 0.661. The molecule has 0 aliphatic heterocycles. The van der Waals surface area contributed by atoms with Crippen molar-refractivity contribution in [1.82, 2.24) is 15.0 Å². The third-order valence-corrected chi connectivity index (χ3v) is 4.99. The van der Waals surface area contributed by atoms with Crippen LogP contribution >= 0.6 is 0 Å². The van der Waals surface area contributed by atoms with Gasteiger partial charge >= 0.3 is 0 Å². The first kappa shape index (κ1) is 18.0. The van der Waals surface area contributed by atoms with Crippen LogP contribution in [0.3, 0.4) is 0 Å². The molecular weight excluding hydrogens is 366 g/mol. The Kier molecular flexibility index (Phi) is 4.87. The minimum atomic E-state index is 0.661. The van der Waals surface area contributed by atoms with Crippen LogP contribution in [0.1, 0.15) is 17.0 Å². The van der Waals surface area contributed by atoms with Gasteiger partial charge in [-0.2, -0.15) is 0 Å². The average Bonchev–Trinajstić information content (AvgIpc) is 3.36. The van der Waals surface area contributed by atoms with Gasteiger partial charge in [-0.25, -0.2) is 15.0 Å². The van der Waals surface area contributed by atoms with Crippen molar-refractivity contribution >= 4 is 5.57 Å². The number of aromatic nitrogens is 3. The largest absolute Gasteiger partial charge is 0.208 e. The fraction of sp³-hybridized carbons (Fsp3) is 0.0370. The summed E-state index contributed by atoms with van der Waals surface area (Å²) in [6.45, 7) is 0. The molecule has 0 saturated heterocycles. The summed E-state index contributed by atoms with van der Waals surface area (Å²) in [6.07, 6.45) is 6.65. The van der Waals surface area contributed by atoms with Crippen LogP contribution in [-0.2, 0) is 6.42 Å². The van der Waals surface area contributed by atoms with Crippen LogP contribution in [0, 0.1) is 0 Å². The highest BCUT2D eigenvalue weighted by Gasteiger charge is 2.13. The van der Waals surface area contributed by atoms with Gasteiger partial charge in [0.15, 0.2) is 17.5 Å². The van der Waals surface area contributed by atoms with Crippen LogP contribution < -0.4 is 0 Å². The summed E-state index contributed by atoms with van der Waals surface area (Å²) in [6, 6.07) is 29.0. The number of rotatable bonds is 5. The quantitative estimate of drug-likeness (QED) is 0.401. The summed E-state index contributed by atoms with van der Waals surface area (Å²) >= 11 is 0. The molecule has 0 amide bonds. The molecule has 1 aliphatic carbocycles. The van der Waals surface area contributed by atoms with E-state index in [-0.39, 0.29) is 0 Å². The fourth-order valence-corrected chi connectivity index (χ4v) is 3.42. The standard InChI is InChI=1S/C27H19N3/c1-3-9-20(10-4-1)19-21-15-17-24(18-16-21)27-29-25(22-11-5-2-6-12-22)28-26(30-27)23-13-7-8-14-23/h1-7,9-18H,19H2. The van der Waals surface area contributed by atoms with E-state index in [0.717, 1.165) is 23.1 Å². The lowest BCUT2D eigenvalue weighted by Crippen LogP contribution is -2.02. The van der Waals surface area contributed by atoms with Crippen LogP contribution in [0.2, 0.25) is 0 Å². The zero-order chi connectivity index (χ0) is 20.2. The molecule has 1 aliphatic rings. The molecule has 3 nitrogen and oxygen atoms in total. The third-order valence-electron chi connectivity index (χ3n) is 4.99. The number of allylic oxidation sites excluding steroid dienone is 3. The topological polar surface area (TPSA) is 38.7 Å². The Hall–Kier alpha value is -4.07. The lowest BCUT2D eigenvalue weighted by molar-refractivity contribution is 1.04. The maximum atomic E-state index is 4.77. The predicted octanol–water partition coefficient (Wildman–Crippen LogP) is 5.90. The van der Waals surface area contributed by atoms with Gasteiger partial charge in [0.1, 0.15) is 0 Å². The third kappa shape index (κ3) is 3.88. The van der Waals surface area contributed by atoms with E-state index >= 15 is 0 Å². The van der Waals surface area contributed by atoms with E-state index < -0.39 is 0 Å². The molecule has 0 atom stereocenters. The van der Waals surface area contributed by atoms with Crippen molar-refractivity contribution in [3.8, 4) is 22.8 Å². The van der Waals surface area contributed by atoms with Crippen LogP contribution in [0.15, 0.2) is 109 Å². The molecule has 1 heterocycles. The molecule has 0 unspecified atom stereocenters. The number of hydrogen-bond donors (Lipinski definition) is 0. The summed E-state index contributed by atoms with van der Waals surface area (Å²) in [5.41, 5.74) is 8.52. The van der Waals surface area contributed by atoms with Crippen LogP contribution in [-0.4, -0.2) is 15.0 Å². The smallest absolute Gasteiger partial charge is 0.164 e. The van der Waals surface area contributed by atoms with Gasteiger partial charge in [-0.1, -0.05) is 84.9 Å². The number of hydrogen-bond acceptors (Lipinski definition) is 3. The van der Waals surface area contributed by atoms with Gasteiger partial charge in [0.25, 0.3) is 0 Å². The van der Waals surface area contributed by atoms with Gasteiger partial charge in [-0.15, -0.1) is 5.73 Å². The van der Waals surface area contributed by atoms with E-state index in [1.165, 1.54) is 11.1 Å². The van der Waals surface area contributed by atoms with Gasteiger partial charge in [0.05, 0.1) is 0 Å². The second kappa shape index (κ2) is 8.12. The predicted molar refractivity (Wildman–Crippen MR) is 121 cm³/mol. The number of nitrogens with zero attached hydrogens (tertiary/aromatic N) is 3. The van der Waals surface area contributed by atoms with Crippen LogP contribution in [0.4, 0.5) is 0 Å². The summed E-state index contributed by atoms with van der Waals surface area (Å²) in [5, 5.41) is 0. The van der Waals surface area contributed by atoms with E-state index in [4.69, 9.17) is 15.0 Å². The molecule has 4 aromatic rings. The molecule has 0 radical (unpaired) electrons. The van der Waals surface area contributed by atoms with Crippen molar-refractivity contribution < 1.29 is 0 Å². The van der Waals surface area contributed by atoms with Crippen molar-refractivity contribution in [2.45, 2.75) is 6.42 Å². The molecule has 0 saturated carbocycles. The first-order valence-electron chi connectivity index (χ1n) is 9.93. The fourth-order valence-electron chi connectivity index (χ4n) is 3.42. The molecule has 5 rings (SSSR count). The number of benzene rings is 3. The molecule has 0 N–H and O–H groups in total. The Labute approximate surface area is 175 Å². The lowest BCUT2D eigenvalue weighted by atomic mass is 10.0. The Morgan fingerprint density at radius 1 is 0.567 bits per heavy atom. The zero-order valence-electron chi connectivity index (χ0n) is 16.4. The molecule has 3 heteroatoms. The van der Waals surface area contributed by atoms with E-state index in [1.54, 1.807) is 0 Å². The highest BCUT2D eigenvalue weighted by atomic mass is 15.0. The van der Waals surface area contributed by atoms with Gasteiger partial charge in [0.2, 0.25) is 0 Å². The Morgan fingerprint density at radius 3 is 1.77 bits per heavy atom. The highest BCUT2D eigenvalue weighted by Crippen LogP contribution is 2.24. The molecule has 30 heavy (non-hydrogen) atoms. The first-order chi connectivity index (χ1) is 14.8. The Bertz CT molecular complexity index is 1270. The molecule has 3 aromatic carbocycles. The normalized spacial score (nSPS) is 12.2. The second-order valence-electron chi connectivity index (χ2n) is 7.13.